The molecule has 2 unspecified atom stereocenters. The number of rotatable bonds is 15. The number of amides is 3. The second-order valence-corrected chi connectivity index (χ2v) is 21.7. The molecule has 2 saturated carbocycles. The fourth-order valence-corrected chi connectivity index (χ4v) is 11.1. The van der Waals surface area contributed by atoms with Crippen molar-refractivity contribution < 1.29 is 51.5 Å². The van der Waals surface area contributed by atoms with Gasteiger partial charge < -0.3 is 38.7 Å². The van der Waals surface area contributed by atoms with E-state index >= 15 is 0 Å². The van der Waals surface area contributed by atoms with Crippen molar-refractivity contribution in [3.63, 3.8) is 0 Å². The molecule has 73 heavy (non-hydrogen) atoms. The predicted molar refractivity (Wildman–Crippen MR) is 264 cm³/mol. The molecule has 6 aromatic rings. The molecular formula is C50H47N9O11S3. The number of carbonyl (C=O) groups excluding carboxylic acids is 6. The predicted octanol–water partition coefficient (Wildman–Crippen LogP) is 9.75. The Morgan fingerprint density at radius 3 is 1.53 bits per heavy atom. The highest BCUT2D eigenvalue weighted by atomic mass is 32.1. The zero-order valence-electron chi connectivity index (χ0n) is 40.2. The molecule has 6 heterocycles. The maximum absolute atomic E-state index is 14.4. The minimum absolute atomic E-state index is 0.0717. The Balaban J connectivity index is 0.938. The molecule has 2 atom stereocenters. The highest BCUT2D eigenvalue weighted by molar-refractivity contribution is 7.17. The van der Waals surface area contributed by atoms with Crippen molar-refractivity contribution in [2.75, 3.05) is 16.0 Å². The van der Waals surface area contributed by atoms with Gasteiger partial charge in [0.05, 0.1) is 43.5 Å². The summed E-state index contributed by atoms with van der Waals surface area (Å²) in [6.07, 6.45) is 9.54. The average molecular weight is 1050 g/mol. The van der Waals surface area contributed by atoms with Crippen LogP contribution in [0.15, 0.2) is 50.8 Å². The van der Waals surface area contributed by atoms with Crippen LogP contribution in [-0.2, 0) is 38.2 Å². The molecule has 2 aliphatic rings. The number of aromatic nitrogens is 3. The van der Waals surface area contributed by atoms with Gasteiger partial charge in [0.2, 0.25) is 23.3 Å². The van der Waals surface area contributed by atoms with E-state index < -0.39 is 64.9 Å². The molecule has 376 valence electrons. The quantitative estimate of drug-likeness (QED) is 0.0636. The molecule has 20 nitrogen and oxygen atoms in total. The maximum atomic E-state index is 14.4. The number of nitriles is 3. The summed E-state index contributed by atoms with van der Waals surface area (Å²) >= 11 is 2.97. The van der Waals surface area contributed by atoms with Gasteiger partial charge in [-0.25, -0.2) is 19.7 Å². The summed E-state index contributed by atoms with van der Waals surface area (Å²) in [5.41, 5.74) is 1.88. The third kappa shape index (κ3) is 11.2. The van der Waals surface area contributed by atoms with Gasteiger partial charge in [0.25, 0.3) is 0 Å². The van der Waals surface area contributed by atoms with Gasteiger partial charge in [-0.3, -0.25) is 24.0 Å². The van der Waals surface area contributed by atoms with E-state index in [1.54, 1.807) is 27.7 Å². The van der Waals surface area contributed by atoms with Gasteiger partial charge >= 0.3 is 17.9 Å². The largest absolute Gasteiger partial charge is 0.472 e. The van der Waals surface area contributed by atoms with Crippen molar-refractivity contribution in [2.24, 2.45) is 23.2 Å². The summed E-state index contributed by atoms with van der Waals surface area (Å²) in [7, 11) is 0. The van der Waals surface area contributed by atoms with Crippen molar-refractivity contribution in [2.45, 2.75) is 104 Å². The summed E-state index contributed by atoms with van der Waals surface area (Å²) in [5, 5.41) is 38.2. The van der Waals surface area contributed by atoms with E-state index in [9.17, 15) is 44.6 Å². The van der Waals surface area contributed by atoms with E-state index in [1.807, 2.05) is 6.92 Å². The minimum atomic E-state index is -2.07. The number of furan rings is 3. The first-order valence-electron chi connectivity index (χ1n) is 23.2. The topological polar surface area (TPSA) is 306 Å². The second kappa shape index (κ2) is 21.5. The first kappa shape index (κ1) is 51.6. The van der Waals surface area contributed by atoms with Crippen molar-refractivity contribution >= 4 is 85.0 Å². The lowest BCUT2D eigenvalue weighted by molar-refractivity contribution is -0.195. The molecule has 0 saturated heterocycles. The van der Waals surface area contributed by atoms with E-state index in [2.05, 4.69) is 49.1 Å². The number of carbonyl (C=O) groups is 6. The van der Waals surface area contributed by atoms with Crippen LogP contribution in [0.5, 0.6) is 0 Å². The zero-order chi connectivity index (χ0) is 52.2. The van der Waals surface area contributed by atoms with Gasteiger partial charge in [-0.2, -0.15) is 15.8 Å². The van der Waals surface area contributed by atoms with Gasteiger partial charge in [0.15, 0.2) is 15.4 Å². The Hall–Kier alpha value is -7.78. The molecular weight excluding hydrogens is 999 g/mol. The van der Waals surface area contributed by atoms with Crippen LogP contribution in [0, 0.1) is 77.9 Å². The first-order chi connectivity index (χ1) is 34.9. The number of nitrogens with zero attached hydrogens (tertiary/aromatic N) is 6. The number of hydrogen-bond donors (Lipinski definition) is 3. The summed E-state index contributed by atoms with van der Waals surface area (Å²) in [6.45, 7) is 8.58. The van der Waals surface area contributed by atoms with Crippen LogP contribution < -0.4 is 16.0 Å². The lowest BCUT2D eigenvalue weighted by Gasteiger charge is -2.38. The Morgan fingerprint density at radius 1 is 0.658 bits per heavy atom. The molecule has 3 N–H and O–H groups in total. The molecule has 0 spiro atoms. The summed E-state index contributed by atoms with van der Waals surface area (Å²) in [5.74, 6) is -6.52. The smallest absolute Gasteiger partial charge is 0.358 e. The van der Waals surface area contributed by atoms with E-state index in [1.165, 1.54) is 37.6 Å². The van der Waals surface area contributed by atoms with E-state index in [-0.39, 0.29) is 88.8 Å². The van der Waals surface area contributed by atoms with E-state index in [4.69, 9.17) is 22.7 Å². The molecule has 23 heteroatoms. The monoisotopic (exact) mass is 1050 g/mol. The summed E-state index contributed by atoms with van der Waals surface area (Å²) in [4.78, 5) is 97.2. The van der Waals surface area contributed by atoms with Crippen LogP contribution in [0.2, 0.25) is 0 Å². The third-order valence-electron chi connectivity index (χ3n) is 13.2. The molecule has 0 aliphatic heterocycles. The van der Waals surface area contributed by atoms with Crippen LogP contribution in [0.1, 0.15) is 109 Å². The van der Waals surface area contributed by atoms with Gasteiger partial charge in [0, 0.05) is 46.8 Å². The number of esters is 3. The zero-order valence-corrected chi connectivity index (χ0v) is 42.6. The number of aryl methyl sites for hydroxylation is 3. The van der Waals surface area contributed by atoms with Crippen LogP contribution in [0.25, 0.3) is 33.8 Å². The number of nitrogens with one attached hydrogen (secondary N) is 3. The minimum Gasteiger partial charge on any atom is -0.472 e. The van der Waals surface area contributed by atoms with Crippen LogP contribution in [0.3, 0.4) is 0 Å². The Bertz CT molecular complexity index is 3250. The van der Waals surface area contributed by atoms with Crippen LogP contribution >= 0.6 is 34.0 Å². The molecule has 0 bridgehead atoms. The molecule has 8 rings (SSSR count). The van der Waals surface area contributed by atoms with Crippen molar-refractivity contribution in [1.82, 2.24) is 15.0 Å². The first-order valence-corrected chi connectivity index (χ1v) is 25.6. The molecule has 2 fully saturated rings. The highest BCUT2D eigenvalue weighted by Crippen LogP contribution is 2.42. The Morgan fingerprint density at radius 2 is 1.10 bits per heavy atom. The van der Waals surface area contributed by atoms with E-state index in [0.717, 1.165) is 50.7 Å². The summed E-state index contributed by atoms with van der Waals surface area (Å²) < 4.78 is 27.3. The highest BCUT2D eigenvalue weighted by Gasteiger charge is 2.51. The number of ether oxygens (including phenoxy) is 2. The van der Waals surface area contributed by atoms with Crippen molar-refractivity contribution in [3.8, 4) is 52.0 Å². The summed E-state index contributed by atoms with van der Waals surface area (Å²) in [6, 6.07) is 6.30. The van der Waals surface area contributed by atoms with Crippen molar-refractivity contribution in [3.05, 3.63) is 68.9 Å². The van der Waals surface area contributed by atoms with E-state index in [0.29, 0.717) is 38.6 Å². The molecule has 0 radical (unpaired) electrons. The molecule has 3 amide bonds. The lowest BCUT2D eigenvalue weighted by Crippen LogP contribution is -2.51. The number of thiazole rings is 3. The van der Waals surface area contributed by atoms with Gasteiger partial charge in [-0.1, -0.05) is 47.9 Å². The fourth-order valence-electron chi connectivity index (χ4n) is 8.81. The number of hydrogen-bond acceptors (Lipinski definition) is 20. The standard InChI is InChI=1S/C50H47N9O11S3/c1-25-19-66-22-31(25)38-34(16-51)71-46(54-38)57-41(61)28-8-10-29(11-9-28)43(63)70-50(13-6-7-30(15-50)42(62)58-47-55-39(35(17-52)72-47)32-23-67-20-26(32)2)45(65)69-37(60)12-14-49(4,5)44(64)59-48-56-40(36(18-53)73-48)33-24-68-21-27(33)3/h19-24,28-30H,6-15H2,1-5H3,(H,54,57,61)(H,55,58,62)(H,56,59,64). The normalized spacial score (nSPS) is 18.6. The molecule has 6 aromatic heterocycles. The van der Waals surface area contributed by atoms with Crippen LogP contribution in [-0.4, -0.2) is 56.2 Å². The molecule has 2 aliphatic carbocycles. The second-order valence-electron chi connectivity index (χ2n) is 18.7. The van der Waals surface area contributed by atoms with Crippen LogP contribution in [0.4, 0.5) is 15.4 Å². The third-order valence-corrected chi connectivity index (χ3v) is 15.8. The van der Waals surface area contributed by atoms with Gasteiger partial charge in [-0.15, -0.1) is 0 Å². The number of anilines is 3. The fraction of sp³-hybridized carbons (Fsp3) is 0.400. The average Bonchev–Trinajstić information content (AvgIpc) is 4.26. The maximum Gasteiger partial charge on any atom is 0.358 e. The molecule has 0 aromatic carbocycles. The van der Waals surface area contributed by atoms with Gasteiger partial charge in [0.1, 0.15) is 49.9 Å². The van der Waals surface area contributed by atoms with Gasteiger partial charge in [-0.05, 0) is 88.8 Å². The SMILES string of the molecule is Cc1cocc1-c1nc(NC(=O)C2CCC(C(=O)OC3(C(=O)OC(=O)CCC(C)(C)C(=O)Nc4nc(-c5cocc5C)c(C#N)s4)CCCC(C(=O)Nc4nc(-c5cocc5C)c(C#N)s4)C3)CC2)sc1C#N. The Kier molecular flexibility index (Phi) is 15.2. The Labute approximate surface area is 429 Å². The van der Waals surface area contributed by atoms with Crippen molar-refractivity contribution in [1.29, 1.82) is 15.8 Å². The lowest BCUT2D eigenvalue weighted by atomic mass is 9.76.